The van der Waals surface area contributed by atoms with Crippen molar-refractivity contribution in [1.29, 1.82) is 0 Å². The summed E-state index contributed by atoms with van der Waals surface area (Å²) in [6.45, 7) is 3.97. The number of allylic oxidation sites excluding steroid dienone is 3. The van der Waals surface area contributed by atoms with E-state index in [1.54, 1.807) is 30.3 Å². The first-order chi connectivity index (χ1) is 8.93. The van der Waals surface area contributed by atoms with Gasteiger partial charge >= 0.3 is 0 Å². The normalized spacial score (nSPS) is 16.1. The van der Waals surface area contributed by atoms with Gasteiger partial charge in [-0.15, -0.1) is 0 Å². The largest absolute Gasteiger partial charge is 0.507 e. The summed E-state index contributed by atoms with van der Waals surface area (Å²) in [6.07, 6.45) is 1.59. The number of hydrogen-bond acceptors (Lipinski definition) is 3. The fourth-order valence-electron chi connectivity index (χ4n) is 1.82. The molecular formula is C15H13IO3. The fourth-order valence-corrected chi connectivity index (χ4v) is 2.13. The van der Waals surface area contributed by atoms with E-state index in [2.05, 4.69) is 22.6 Å². The van der Waals surface area contributed by atoms with Crippen molar-refractivity contribution in [3.05, 3.63) is 50.6 Å². The van der Waals surface area contributed by atoms with Gasteiger partial charge in [0.05, 0.1) is 5.57 Å². The fraction of sp³-hybridized carbons (Fsp3) is 0.200. The Bertz CT molecular complexity index is 624. The van der Waals surface area contributed by atoms with Crippen molar-refractivity contribution in [3.63, 3.8) is 0 Å². The number of fused-ring (bicyclic) bond motifs is 1. The monoisotopic (exact) mass is 368 g/mol. The Hall–Kier alpha value is -1.43. The van der Waals surface area contributed by atoms with Crippen molar-refractivity contribution < 1.29 is 14.7 Å². The molecule has 0 amide bonds. The molecule has 0 saturated carbocycles. The van der Waals surface area contributed by atoms with Gasteiger partial charge in [-0.2, -0.15) is 0 Å². The lowest BCUT2D eigenvalue weighted by molar-refractivity contribution is -0.111. The molecule has 1 N–H and O–H groups in total. The van der Waals surface area contributed by atoms with Crippen LogP contribution in [0, 0.1) is 5.92 Å². The maximum atomic E-state index is 12.0. The second-order valence-corrected chi connectivity index (χ2v) is 5.90. The minimum atomic E-state index is -0.647. The first kappa shape index (κ1) is 14.0. The van der Waals surface area contributed by atoms with Gasteiger partial charge in [-0.1, -0.05) is 38.1 Å². The molecule has 98 valence electrons. The number of ketones is 2. The highest BCUT2D eigenvalue weighted by molar-refractivity contribution is 14.1. The Morgan fingerprint density at radius 3 is 2.32 bits per heavy atom. The zero-order valence-corrected chi connectivity index (χ0v) is 12.8. The van der Waals surface area contributed by atoms with E-state index in [-0.39, 0.29) is 22.8 Å². The second-order valence-electron chi connectivity index (χ2n) is 4.65. The minimum absolute atomic E-state index is 0.0850. The predicted octanol–water partition coefficient (Wildman–Crippen LogP) is 3.70. The van der Waals surface area contributed by atoms with Crippen LogP contribution in [-0.2, 0) is 4.79 Å². The van der Waals surface area contributed by atoms with Crippen LogP contribution in [0.5, 0.6) is 0 Å². The van der Waals surface area contributed by atoms with Crippen molar-refractivity contribution in [2.45, 2.75) is 13.8 Å². The molecule has 0 saturated heterocycles. The van der Waals surface area contributed by atoms with Crippen molar-refractivity contribution >= 4 is 39.9 Å². The lowest BCUT2D eigenvalue weighted by atomic mass is 9.88. The first-order valence-electron chi connectivity index (χ1n) is 5.92. The van der Waals surface area contributed by atoms with Crippen LogP contribution in [0.15, 0.2) is 39.5 Å². The highest BCUT2D eigenvalue weighted by Crippen LogP contribution is 2.30. The van der Waals surface area contributed by atoms with Crippen molar-refractivity contribution in [3.8, 4) is 0 Å². The van der Waals surface area contributed by atoms with Crippen LogP contribution in [0.3, 0.4) is 0 Å². The quantitative estimate of drug-likeness (QED) is 0.640. The molecule has 1 aliphatic carbocycles. The van der Waals surface area contributed by atoms with E-state index in [0.29, 0.717) is 5.56 Å². The van der Waals surface area contributed by atoms with Crippen LogP contribution >= 0.6 is 22.6 Å². The molecule has 0 fully saturated rings. The molecule has 4 heteroatoms. The molecule has 0 spiro atoms. The minimum Gasteiger partial charge on any atom is -0.507 e. The molecule has 0 heterocycles. The summed E-state index contributed by atoms with van der Waals surface area (Å²) in [4.78, 5) is 24.0. The van der Waals surface area contributed by atoms with Gasteiger partial charge in [0.1, 0.15) is 5.76 Å². The van der Waals surface area contributed by atoms with Gasteiger partial charge in [0.2, 0.25) is 11.6 Å². The highest BCUT2D eigenvalue weighted by Gasteiger charge is 2.31. The number of halogens is 1. The maximum absolute atomic E-state index is 12.0. The Morgan fingerprint density at radius 1 is 1.16 bits per heavy atom. The summed E-state index contributed by atoms with van der Waals surface area (Å²) in [5, 5.41) is 10.2. The molecule has 0 radical (unpaired) electrons. The molecule has 1 aliphatic rings. The first-order valence-corrected chi connectivity index (χ1v) is 7.00. The number of hydrogen-bond donors (Lipinski definition) is 1. The van der Waals surface area contributed by atoms with Gasteiger partial charge in [0.15, 0.2) is 0 Å². The Kier molecular flexibility index (Phi) is 3.89. The van der Waals surface area contributed by atoms with Crippen LogP contribution in [0.4, 0.5) is 0 Å². The van der Waals surface area contributed by atoms with E-state index in [4.69, 9.17) is 0 Å². The molecule has 0 aromatic heterocycles. The molecule has 19 heavy (non-hydrogen) atoms. The lowest BCUT2D eigenvalue weighted by Gasteiger charge is -2.16. The third-order valence-corrected chi connectivity index (χ3v) is 4.52. The van der Waals surface area contributed by atoms with Crippen LogP contribution in [0.2, 0.25) is 0 Å². The van der Waals surface area contributed by atoms with Crippen LogP contribution in [-0.4, -0.2) is 16.7 Å². The number of carbonyl (C=O) groups is 2. The number of aliphatic hydroxyl groups is 1. The van der Waals surface area contributed by atoms with E-state index in [1.165, 1.54) is 0 Å². The summed E-state index contributed by atoms with van der Waals surface area (Å²) >= 11 is 2.11. The second kappa shape index (κ2) is 5.28. The molecule has 0 bridgehead atoms. The number of Topliss-reactive ketones (excluding diaryl/α,β-unsaturated/α-hetero) is 2. The lowest BCUT2D eigenvalue weighted by Crippen LogP contribution is -2.23. The van der Waals surface area contributed by atoms with E-state index in [1.807, 2.05) is 13.8 Å². The van der Waals surface area contributed by atoms with Gasteiger partial charge in [-0.3, -0.25) is 9.59 Å². The summed E-state index contributed by atoms with van der Waals surface area (Å²) in [7, 11) is 0. The Labute approximate surface area is 125 Å². The number of aliphatic hydroxyl groups excluding tert-OH is 1. The molecule has 3 nitrogen and oxygen atoms in total. The van der Waals surface area contributed by atoms with Gasteiger partial charge in [-0.05, 0) is 38.2 Å². The molecular weight excluding hydrogens is 355 g/mol. The molecule has 0 atom stereocenters. The van der Waals surface area contributed by atoms with Crippen LogP contribution < -0.4 is 0 Å². The van der Waals surface area contributed by atoms with Gasteiger partial charge in [0.25, 0.3) is 0 Å². The smallest absolute Gasteiger partial charge is 0.237 e. The van der Waals surface area contributed by atoms with E-state index < -0.39 is 11.6 Å². The summed E-state index contributed by atoms with van der Waals surface area (Å²) in [5.74, 6) is -1.09. The summed E-state index contributed by atoms with van der Waals surface area (Å²) in [6, 6.07) is 6.60. The van der Waals surface area contributed by atoms with Gasteiger partial charge in [0, 0.05) is 11.1 Å². The standard InChI is InChI=1S/C15H13IO3/c1-8(2)12(16)7-11-13(17)9-5-3-4-6-10(9)14(18)15(11)19/h3-8,17H,1-2H3/b12-7-. The Morgan fingerprint density at radius 2 is 1.74 bits per heavy atom. The average molecular weight is 368 g/mol. The topological polar surface area (TPSA) is 54.4 Å². The van der Waals surface area contributed by atoms with E-state index >= 15 is 0 Å². The predicted molar refractivity (Wildman–Crippen MR) is 82.3 cm³/mol. The SMILES string of the molecule is CC(C)/C(I)=C/C1=C(O)c2ccccc2C(=O)C1=O. The summed E-state index contributed by atoms with van der Waals surface area (Å²) < 4.78 is 0.916. The molecule has 1 aromatic carbocycles. The van der Waals surface area contributed by atoms with Crippen LogP contribution in [0.1, 0.15) is 29.8 Å². The third kappa shape index (κ3) is 2.49. The zero-order valence-electron chi connectivity index (χ0n) is 10.6. The Balaban J connectivity index is 2.64. The van der Waals surface area contributed by atoms with Gasteiger partial charge in [-0.25, -0.2) is 0 Å². The van der Waals surface area contributed by atoms with Crippen molar-refractivity contribution in [1.82, 2.24) is 0 Å². The average Bonchev–Trinajstić information content (AvgIpc) is 2.40. The molecule has 0 unspecified atom stereocenters. The molecule has 2 rings (SSSR count). The van der Waals surface area contributed by atoms with E-state index in [9.17, 15) is 14.7 Å². The van der Waals surface area contributed by atoms with E-state index in [0.717, 1.165) is 3.58 Å². The molecule has 0 aliphatic heterocycles. The maximum Gasteiger partial charge on any atom is 0.237 e. The third-order valence-electron chi connectivity index (χ3n) is 2.97. The van der Waals surface area contributed by atoms with Crippen molar-refractivity contribution in [2.24, 2.45) is 5.92 Å². The van der Waals surface area contributed by atoms with Crippen molar-refractivity contribution in [2.75, 3.05) is 0 Å². The van der Waals surface area contributed by atoms with Crippen LogP contribution in [0.25, 0.3) is 5.76 Å². The highest BCUT2D eigenvalue weighted by atomic mass is 127. The summed E-state index contributed by atoms with van der Waals surface area (Å²) in [5.41, 5.74) is 0.773. The number of rotatable bonds is 2. The number of carbonyl (C=O) groups excluding carboxylic acids is 2. The molecule has 1 aromatic rings. The van der Waals surface area contributed by atoms with Gasteiger partial charge < -0.3 is 5.11 Å². The zero-order chi connectivity index (χ0) is 14.2. The number of benzene rings is 1.